The Morgan fingerprint density at radius 2 is 2.31 bits per heavy atom. The molecule has 3 nitrogen and oxygen atoms in total. The number of hydrogen-bond donors (Lipinski definition) is 0. The maximum Gasteiger partial charge on any atom is 0.231 e. The first kappa shape index (κ1) is 11.7. The van der Waals surface area contributed by atoms with E-state index in [1.807, 2.05) is 24.3 Å². The molecule has 1 aromatic heterocycles. The zero-order chi connectivity index (χ0) is 11.4. The standard InChI is InChI=1S/C10H7BrClN3S/c11-8-3-1-2-7(4-8)6-13-10-15-14-9(5-12)16-10/h1-4,6H,5H2/b13-6+. The average Bonchev–Trinajstić information content (AvgIpc) is 2.74. The fourth-order valence-electron chi connectivity index (χ4n) is 1.07. The molecule has 0 atom stereocenters. The third-order valence-corrected chi connectivity index (χ3v) is 3.48. The molecule has 0 radical (unpaired) electrons. The van der Waals surface area contributed by atoms with Crippen LogP contribution < -0.4 is 0 Å². The molecule has 0 unspecified atom stereocenters. The minimum absolute atomic E-state index is 0.379. The molecule has 0 saturated carbocycles. The Hall–Kier alpha value is -0.780. The van der Waals surface area contributed by atoms with Gasteiger partial charge in [0.15, 0.2) is 0 Å². The number of aromatic nitrogens is 2. The monoisotopic (exact) mass is 315 g/mol. The molecule has 0 spiro atoms. The zero-order valence-corrected chi connectivity index (χ0v) is 11.3. The van der Waals surface area contributed by atoms with E-state index < -0.39 is 0 Å². The summed E-state index contributed by atoms with van der Waals surface area (Å²) in [4.78, 5) is 4.23. The Labute approximate surface area is 110 Å². The van der Waals surface area contributed by atoms with Gasteiger partial charge in [0, 0.05) is 10.7 Å². The highest BCUT2D eigenvalue weighted by Crippen LogP contribution is 2.19. The van der Waals surface area contributed by atoms with Gasteiger partial charge in [0.2, 0.25) is 5.13 Å². The van der Waals surface area contributed by atoms with Gasteiger partial charge in [0.1, 0.15) is 5.01 Å². The third-order valence-electron chi connectivity index (χ3n) is 1.74. The van der Waals surface area contributed by atoms with E-state index in [-0.39, 0.29) is 0 Å². The van der Waals surface area contributed by atoms with Crippen LogP contribution in [0.25, 0.3) is 0 Å². The summed E-state index contributed by atoms with van der Waals surface area (Å²) >= 11 is 10.4. The van der Waals surface area contributed by atoms with Crippen LogP contribution in [-0.2, 0) is 5.88 Å². The van der Waals surface area contributed by atoms with Crippen LogP contribution in [0.1, 0.15) is 10.6 Å². The van der Waals surface area contributed by atoms with E-state index in [9.17, 15) is 0 Å². The molecular weight excluding hydrogens is 310 g/mol. The summed E-state index contributed by atoms with van der Waals surface area (Å²) in [5.41, 5.74) is 1.01. The Balaban J connectivity index is 2.14. The molecular formula is C10H7BrClN3S. The van der Waals surface area contributed by atoms with Crippen LogP contribution in [0.3, 0.4) is 0 Å². The molecule has 0 fully saturated rings. The molecule has 0 N–H and O–H groups in total. The van der Waals surface area contributed by atoms with Crippen LogP contribution in [0.15, 0.2) is 33.7 Å². The molecule has 0 amide bonds. The first-order chi connectivity index (χ1) is 7.78. The van der Waals surface area contributed by atoms with Crippen LogP contribution in [-0.4, -0.2) is 16.4 Å². The molecule has 0 aliphatic heterocycles. The minimum atomic E-state index is 0.379. The second kappa shape index (κ2) is 5.52. The second-order valence-corrected chi connectivity index (χ2v) is 5.15. The van der Waals surface area contributed by atoms with E-state index in [0.717, 1.165) is 15.0 Å². The van der Waals surface area contributed by atoms with Gasteiger partial charge < -0.3 is 0 Å². The van der Waals surface area contributed by atoms with E-state index in [2.05, 4.69) is 31.1 Å². The van der Waals surface area contributed by atoms with Crippen LogP contribution in [0.5, 0.6) is 0 Å². The SMILES string of the molecule is ClCc1nnc(/N=C/c2cccc(Br)c2)s1. The molecule has 2 aromatic rings. The summed E-state index contributed by atoms with van der Waals surface area (Å²) in [6.07, 6.45) is 1.75. The van der Waals surface area contributed by atoms with Gasteiger partial charge in [-0.25, -0.2) is 4.99 Å². The molecule has 82 valence electrons. The van der Waals surface area contributed by atoms with Gasteiger partial charge in [-0.2, -0.15) is 0 Å². The average molecular weight is 317 g/mol. The lowest BCUT2D eigenvalue weighted by molar-refractivity contribution is 1.03. The van der Waals surface area contributed by atoms with E-state index in [4.69, 9.17) is 11.6 Å². The zero-order valence-electron chi connectivity index (χ0n) is 8.10. The summed E-state index contributed by atoms with van der Waals surface area (Å²) < 4.78 is 1.02. The Bertz CT molecular complexity index is 512. The molecule has 6 heteroatoms. The lowest BCUT2D eigenvalue weighted by Crippen LogP contribution is -1.79. The van der Waals surface area contributed by atoms with Gasteiger partial charge in [0.25, 0.3) is 0 Å². The van der Waals surface area contributed by atoms with Crippen molar-refractivity contribution in [3.8, 4) is 0 Å². The highest BCUT2D eigenvalue weighted by atomic mass is 79.9. The van der Waals surface area contributed by atoms with Crippen LogP contribution in [0.2, 0.25) is 0 Å². The maximum absolute atomic E-state index is 5.63. The topological polar surface area (TPSA) is 38.1 Å². The van der Waals surface area contributed by atoms with E-state index in [0.29, 0.717) is 11.0 Å². The maximum atomic E-state index is 5.63. The first-order valence-electron chi connectivity index (χ1n) is 4.46. The van der Waals surface area contributed by atoms with Crippen molar-refractivity contribution in [1.29, 1.82) is 0 Å². The molecule has 2 rings (SSSR count). The smallest absolute Gasteiger partial charge is 0.226 e. The summed E-state index contributed by atoms with van der Waals surface area (Å²) in [6, 6.07) is 7.87. The molecule has 1 heterocycles. The fraction of sp³-hybridized carbons (Fsp3) is 0.100. The summed E-state index contributed by atoms with van der Waals surface area (Å²) in [6.45, 7) is 0. The number of benzene rings is 1. The normalized spacial score (nSPS) is 11.1. The van der Waals surface area contributed by atoms with Crippen molar-refractivity contribution >= 4 is 50.2 Å². The number of aliphatic imine (C=N–C) groups is 1. The lowest BCUT2D eigenvalue weighted by atomic mass is 10.2. The van der Waals surface area contributed by atoms with E-state index in [1.54, 1.807) is 6.21 Å². The van der Waals surface area contributed by atoms with Crippen molar-refractivity contribution in [2.75, 3.05) is 0 Å². The molecule has 0 aliphatic rings. The van der Waals surface area contributed by atoms with E-state index in [1.165, 1.54) is 11.3 Å². The Kier molecular flexibility index (Phi) is 4.04. The largest absolute Gasteiger partial charge is 0.231 e. The van der Waals surface area contributed by atoms with Gasteiger partial charge in [-0.1, -0.05) is 39.4 Å². The second-order valence-electron chi connectivity index (χ2n) is 2.93. The number of hydrogen-bond acceptors (Lipinski definition) is 4. The predicted molar refractivity (Wildman–Crippen MR) is 70.9 cm³/mol. The van der Waals surface area contributed by atoms with Crippen molar-refractivity contribution in [2.24, 2.45) is 4.99 Å². The lowest BCUT2D eigenvalue weighted by Gasteiger charge is -1.92. The van der Waals surface area contributed by atoms with Crippen molar-refractivity contribution in [3.05, 3.63) is 39.3 Å². The van der Waals surface area contributed by atoms with E-state index >= 15 is 0 Å². The van der Waals surface area contributed by atoms with Gasteiger partial charge in [-0.15, -0.1) is 21.8 Å². The number of alkyl halides is 1. The third kappa shape index (κ3) is 3.10. The van der Waals surface area contributed by atoms with Crippen molar-refractivity contribution < 1.29 is 0 Å². The summed E-state index contributed by atoms with van der Waals surface area (Å²) in [5.74, 6) is 0.379. The van der Waals surface area contributed by atoms with Gasteiger partial charge in [0.05, 0.1) is 5.88 Å². The highest BCUT2D eigenvalue weighted by molar-refractivity contribution is 9.10. The summed E-state index contributed by atoms with van der Waals surface area (Å²) in [7, 11) is 0. The molecule has 0 saturated heterocycles. The number of halogens is 2. The van der Waals surface area contributed by atoms with Crippen LogP contribution in [0.4, 0.5) is 5.13 Å². The minimum Gasteiger partial charge on any atom is -0.226 e. The van der Waals surface area contributed by atoms with Crippen molar-refractivity contribution in [2.45, 2.75) is 5.88 Å². The highest BCUT2D eigenvalue weighted by Gasteiger charge is 1.99. The number of rotatable bonds is 3. The van der Waals surface area contributed by atoms with Crippen molar-refractivity contribution in [1.82, 2.24) is 10.2 Å². The van der Waals surface area contributed by atoms with Crippen LogP contribution in [0, 0.1) is 0 Å². The molecule has 16 heavy (non-hydrogen) atoms. The molecule has 0 bridgehead atoms. The molecule has 0 aliphatic carbocycles. The van der Waals surface area contributed by atoms with Crippen LogP contribution >= 0.6 is 38.9 Å². The van der Waals surface area contributed by atoms with Gasteiger partial charge in [-0.05, 0) is 17.7 Å². The first-order valence-corrected chi connectivity index (χ1v) is 6.60. The molecule has 1 aromatic carbocycles. The summed E-state index contributed by atoms with van der Waals surface area (Å²) in [5, 5.41) is 9.18. The Morgan fingerprint density at radius 1 is 1.44 bits per heavy atom. The Morgan fingerprint density at radius 3 is 3.00 bits per heavy atom. The number of nitrogens with zero attached hydrogens (tertiary/aromatic N) is 3. The van der Waals surface area contributed by atoms with Gasteiger partial charge >= 0.3 is 0 Å². The van der Waals surface area contributed by atoms with Crippen molar-refractivity contribution in [3.63, 3.8) is 0 Å². The predicted octanol–water partition coefficient (Wildman–Crippen LogP) is 3.79. The fourth-order valence-corrected chi connectivity index (χ4v) is 2.24. The quantitative estimate of drug-likeness (QED) is 0.638. The van der Waals surface area contributed by atoms with Gasteiger partial charge in [-0.3, -0.25) is 0 Å².